The van der Waals surface area contributed by atoms with Crippen molar-refractivity contribution >= 4 is 30.8 Å². The molecule has 13 nitrogen and oxygen atoms in total. The smallest absolute Gasteiger partial charge is 0.459 e. The first-order valence-corrected chi connectivity index (χ1v) is 13.3. The fraction of sp³-hybridized carbons (Fsp3) is 0.333. The molecule has 2 heterocycles. The Bertz CT molecular complexity index is 1440. The molecule has 1 aromatic carbocycles. The van der Waals surface area contributed by atoms with Crippen molar-refractivity contribution in [3.63, 3.8) is 0 Å². The van der Waals surface area contributed by atoms with E-state index in [-0.39, 0.29) is 42.5 Å². The number of aliphatic hydroxyl groups excluding tert-OH is 1. The number of para-hydroxylation sites is 1. The topological polar surface area (TPSA) is 184 Å². The van der Waals surface area contributed by atoms with Crippen LogP contribution in [0.3, 0.4) is 0 Å². The molecule has 38 heavy (non-hydrogen) atoms. The molecule has 14 heteroatoms. The number of rotatable bonds is 11. The number of nitrogens with zero attached hydrogens (tertiary/aromatic N) is 3. The van der Waals surface area contributed by atoms with Gasteiger partial charge in [-0.3, -0.25) is 19.1 Å². The maximum absolute atomic E-state index is 13.7. The number of ether oxygens (including phenoxy) is 1. The number of aliphatic hydroxyl groups is 1. The van der Waals surface area contributed by atoms with Crippen LogP contribution in [0, 0.1) is 5.92 Å². The maximum Gasteiger partial charge on any atom is 0.459 e. The van der Waals surface area contributed by atoms with Gasteiger partial charge in [0.25, 0.3) is 5.56 Å². The number of imidazole rings is 1. The summed E-state index contributed by atoms with van der Waals surface area (Å²) in [6.07, 6.45) is 2.13. The van der Waals surface area contributed by atoms with Crippen molar-refractivity contribution in [2.24, 2.45) is 5.92 Å². The number of esters is 1. The van der Waals surface area contributed by atoms with Crippen LogP contribution in [0.4, 0.5) is 5.95 Å². The summed E-state index contributed by atoms with van der Waals surface area (Å²) in [6.45, 7) is 8.81. The minimum atomic E-state index is -4.14. The van der Waals surface area contributed by atoms with Gasteiger partial charge in [0.05, 0.1) is 25.1 Å². The monoisotopic (exact) mass is 544 g/mol. The highest BCUT2D eigenvalue weighted by Crippen LogP contribution is 2.48. The van der Waals surface area contributed by atoms with E-state index in [1.807, 2.05) is 0 Å². The Morgan fingerprint density at radius 3 is 2.87 bits per heavy atom. The van der Waals surface area contributed by atoms with Crippen molar-refractivity contribution in [1.82, 2.24) is 24.6 Å². The first-order chi connectivity index (χ1) is 18.1. The van der Waals surface area contributed by atoms with E-state index in [9.17, 15) is 19.3 Å². The predicted molar refractivity (Wildman–Crippen MR) is 139 cm³/mol. The second-order valence-corrected chi connectivity index (χ2v) is 10.4. The summed E-state index contributed by atoms with van der Waals surface area (Å²) in [5.74, 6) is -1.16. The Morgan fingerprint density at radius 1 is 1.42 bits per heavy atom. The number of nitrogen functional groups attached to an aromatic ring is 1. The van der Waals surface area contributed by atoms with E-state index in [1.165, 1.54) is 19.3 Å². The van der Waals surface area contributed by atoms with Gasteiger partial charge in [-0.1, -0.05) is 37.4 Å². The standard InChI is InChI=1S/C24H29N6O7P/c1-4-10-35-23(33)15(3)29-38(34,37-16-8-6-5-7-9-16)36-12-17-14(2)18(11-19(17)31)30-13-26-20-21(30)27-24(25)28-22(20)32/h4-9,13,15,17-19,31H,1-2,10-12H2,3H3,(H,29,34)(H3,25,27,28,32)/t15-,17-,18?,19-,38?/m0/s1. The number of carbonyl (C=O) groups is 1. The zero-order valence-electron chi connectivity index (χ0n) is 20.6. The van der Waals surface area contributed by atoms with Gasteiger partial charge in [0.2, 0.25) is 5.95 Å². The van der Waals surface area contributed by atoms with E-state index in [0.29, 0.717) is 5.57 Å². The number of aromatic amines is 1. The van der Waals surface area contributed by atoms with Crippen LogP contribution < -0.4 is 20.9 Å². The highest BCUT2D eigenvalue weighted by molar-refractivity contribution is 7.52. The number of benzene rings is 1. The van der Waals surface area contributed by atoms with Crippen molar-refractivity contribution in [2.45, 2.75) is 31.5 Å². The fourth-order valence-corrected chi connectivity index (χ4v) is 5.68. The highest BCUT2D eigenvalue weighted by atomic mass is 31.2. The maximum atomic E-state index is 13.7. The average Bonchev–Trinajstić information content (AvgIpc) is 3.41. The summed E-state index contributed by atoms with van der Waals surface area (Å²) >= 11 is 0. The lowest BCUT2D eigenvalue weighted by Gasteiger charge is -2.25. The van der Waals surface area contributed by atoms with Gasteiger partial charge in [0.15, 0.2) is 11.2 Å². The van der Waals surface area contributed by atoms with E-state index in [0.717, 1.165) is 0 Å². The van der Waals surface area contributed by atoms with Crippen molar-refractivity contribution in [3.8, 4) is 5.75 Å². The lowest BCUT2D eigenvalue weighted by Crippen LogP contribution is -2.35. The number of carbonyl (C=O) groups excluding carboxylic acids is 1. The van der Waals surface area contributed by atoms with Crippen molar-refractivity contribution in [1.29, 1.82) is 0 Å². The number of hydrogen-bond acceptors (Lipinski definition) is 10. The summed E-state index contributed by atoms with van der Waals surface area (Å²) in [6, 6.07) is 6.79. The van der Waals surface area contributed by atoms with Gasteiger partial charge in [-0.05, 0) is 31.1 Å². The van der Waals surface area contributed by atoms with E-state index in [4.69, 9.17) is 19.5 Å². The average molecular weight is 545 g/mol. The van der Waals surface area contributed by atoms with Crippen LogP contribution in [0.1, 0.15) is 19.4 Å². The molecule has 1 aliphatic carbocycles. The number of hydrogen-bond donors (Lipinski definition) is 4. The fourth-order valence-electron chi connectivity index (χ4n) is 4.16. The first kappa shape index (κ1) is 27.3. The molecule has 5 N–H and O–H groups in total. The summed E-state index contributed by atoms with van der Waals surface area (Å²) < 4.78 is 31.7. The zero-order chi connectivity index (χ0) is 27.4. The van der Waals surface area contributed by atoms with Gasteiger partial charge in [0, 0.05) is 5.92 Å². The minimum Gasteiger partial charge on any atom is -0.460 e. The van der Waals surface area contributed by atoms with Gasteiger partial charge < -0.3 is 24.7 Å². The van der Waals surface area contributed by atoms with Crippen LogP contribution in [-0.4, -0.2) is 56.0 Å². The number of nitrogens with two attached hydrogens (primary N) is 1. The molecule has 2 unspecified atom stereocenters. The molecule has 0 aliphatic heterocycles. The summed E-state index contributed by atoms with van der Waals surface area (Å²) in [5.41, 5.74) is 6.11. The van der Waals surface area contributed by atoms with Crippen LogP contribution in [0.5, 0.6) is 5.75 Å². The molecule has 1 aliphatic rings. The van der Waals surface area contributed by atoms with Gasteiger partial charge in [-0.15, -0.1) is 0 Å². The van der Waals surface area contributed by atoms with E-state index in [2.05, 4.69) is 33.2 Å². The Hall–Kier alpha value is -3.77. The van der Waals surface area contributed by atoms with Crippen LogP contribution in [-0.2, 0) is 18.6 Å². The van der Waals surface area contributed by atoms with Gasteiger partial charge in [-0.25, -0.2) is 9.55 Å². The molecule has 0 saturated heterocycles. The third kappa shape index (κ3) is 5.86. The third-order valence-corrected chi connectivity index (χ3v) is 7.71. The molecule has 0 amide bonds. The normalized spacial score (nSPS) is 21.6. The van der Waals surface area contributed by atoms with Gasteiger partial charge in [-0.2, -0.15) is 10.1 Å². The number of anilines is 1. The quantitative estimate of drug-likeness (QED) is 0.157. The van der Waals surface area contributed by atoms with Crippen molar-refractivity contribution in [2.75, 3.05) is 18.9 Å². The number of fused-ring (bicyclic) bond motifs is 1. The summed E-state index contributed by atoms with van der Waals surface area (Å²) in [7, 11) is -4.14. The van der Waals surface area contributed by atoms with Gasteiger partial charge >= 0.3 is 13.7 Å². The minimum absolute atomic E-state index is 0.0136. The second kappa shape index (κ2) is 11.3. The Balaban J connectivity index is 1.53. The molecular weight excluding hydrogens is 515 g/mol. The molecule has 202 valence electrons. The summed E-state index contributed by atoms with van der Waals surface area (Å²) in [4.78, 5) is 35.1. The van der Waals surface area contributed by atoms with E-state index >= 15 is 0 Å². The zero-order valence-corrected chi connectivity index (χ0v) is 21.5. The van der Waals surface area contributed by atoms with Gasteiger partial charge in [0.1, 0.15) is 18.4 Å². The molecule has 1 saturated carbocycles. The lowest BCUT2D eigenvalue weighted by molar-refractivity contribution is -0.144. The Morgan fingerprint density at radius 2 is 2.16 bits per heavy atom. The largest absolute Gasteiger partial charge is 0.460 e. The Kier molecular flexibility index (Phi) is 8.12. The number of nitrogens with one attached hydrogen (secondary N) is 2. The molecular formula is C24H29N6O7P. The van der Waals surface area contributed by atoms with Crippen LogP contribution in [0.2, 0.25) is 0 Å². The first-order valence-electron chi connectivity index (χ1n) is 11.8. The molecule has 5 atom stereocenters. The SMILES string of the molecule is C=CCOC(=O)[C@H](C)NP(=O)(OC[C@H]1C(=C)C(n2cnc3c(=O)[nH]c(N)nc32)C[C@@H]1O)Oc1ccccc1. The van der Waals surface area contributed by atoms with Crippen molar-refractivity contribution in [3.05, 3.63) is 71.8 Å². The number of aromatic nitrogens is 4. The predicted octanol–water partition coefficient (Wildman–Crippen LogP) is 2.09. The molecule has 1 fully saturated rings. The van der Waals surface area contributed by atoms with Crippen LogP contribution >= 0.6 is 7.75 Å². The molecule has 0 bridgehead atoms. The van der Waals surface area contributed by atoms with E-state index in [1.54, 1.807) is 34.9 Å². The summed E-state index contributed by atoms with van der Waals surface area (Å²) in [5, 5.41) is 13.4. The molecule has 0 radical (unpaired) electrons. The van der Waals surface area contributed by atoms with Crippen molar-refractivity contribution < 1.29 is 28.3 Å². The third-order valence-electron chi connectivity index (χ3n) is 6.06. The highest BCUT2D eigenvalue weighted by Gasteiger charge is 2.41. The number of H-pyrrole nitrogens is 1. The Labute approximate surface area is 217 Å². The molecule has 3 aromatic rings. The van der Waals surface area contributed by atoms with Crippen LogP contribution in [0.15, 0.2) is 66.3 Å². The lowest BCUT2D eigenvalue weighted by atomic mass is 10.0. The van der Waals surface area contributed by atoms with Crippen LogP contribution in [0.25, 0.3) is 11.2 Å². The molecule has 4 rings (SSSR count). The second-order valence-electron chi connectivity index (χ2n) is 8.74. The molecule has 0 spiro atoms. The molecule has 2 aromatic heterocycles. The van der Waals surface area contributed by atoms with E-state index < -0.39 is 43.4 Å².